The fourth-order valence-corrected chi connectivity index (χ4v) is 2.76. The van der Waals surface area contributed by atoms with E-state index in [1.54, 1.807) is 19.5 Å². The Kier molecular flexibility index (Phi) is 4.72. The Morgan fingerprint density at radius 2 is 2.26 bits per heavy atom. The molecule has 0 spiro atoms. The van der Waals surface area contributed by atoms with Crippen LogP contribution >= 0.6 is 11.8 Å². The molecule has 0 unspecified atom stereocenters. The summed E-state index contributed by atoms with van der Waals surface area (Å²) in [5.41, 5.74) is 0.796. The van der Waals surface area contributed by atoms with Gasteiger partial charge in [-0.15, -0.1) is 16.8 Å². The Labute approximate surface area is 137 Å². The van der Waals surface area contributed by atoms with Crippen molar-refractivity contribution in [3.05, 3.63) is 49.1 Å². The molecule has 8 heteroatoms. The number of benzene rings is 1. The van der Waals surface area contributed by atoms with Crippen LogP contribution in [0.4, 0.5) is 0 Å². The fourth-order valence-electron chi connectivity index (χ4n) is 2.00. The first kappa shape index (κ1) is 15.3. The van der Waals surface area contributed by atoms with Crippen LogP contribution in [0.15, 0.2) is 52.9 Å². The van der Waals surface area contributed by atoms with Gasteiger partial charge in [-0.05, 0) is 12.1 Å². The Balaban J connectivity index is 1.72. The molecule has 0 saturated heterocycles. The minimum Gasteiger partial charge on any atom is -0.496 e. The minimum atomic E-state index is 0.505. The van der Waals surface area contributed by atoms with Crippen molar-refractivity contribution in [2.45, 2.75) is 17.5 Å². The lowest BCUT2D eigenvalue weighted by Crippen LogP contribution is -1.95. The average molecular weight is 329 g/mol. The highest BCUT2D eigenvalue weighted by atomic mass is 32.2. The molecular formula is C15H15N5O2S. The first-order valence-electron chi connectivity index (χ1n) is 6.89. The molecule has 1 aromatic carbocycles. The molecule has 0 fully saturated rings. The summed E-state index contributed by atoms with van der Waals surface area (Å²) in [5.74, 6) is 2.24. The molecule has 0 amide bonds. The maximum Gasteiger partial charge on any atom is 0.237 e. The van der Waals surface area contributed by atoms with Crippen molar-refractivity contribution in [2.75, 3.05) is 7.11 Å². The van der Waals surface area contributed by atoms with Crippen LogP contribution in [-0.2, 0) is 12.3 Å². The van der Waals surface area contributed by atoms with Crippen LogP contribution in [0.25, 0.3) is 11.4 Å². The van der Waals surface area contributed by atoms with E-state index in [-0.39, 0.29) is 0 Å². The lowest BCUT2D eigenvalue weighted by Gasteiger charge is -2.03. The zero-order valence-corrected chi connectivity index (χ0v) is 13.4. The van der Waals surface area contributed by atoms with Crippen molar-refractivity contribution in [3.8, 4) is 17.1 Å². The van der Waals surface area contributed by atoms with E-state index in [0.717, 1.165) is 10.7 Å². The Bertz CT molecular complexity index is 799. The Hall–Kier alpha value is -2.61. The van der Waals surface area contributed by atoms with Crippen LogP contribution in [0.2, 0.25) is 0 Å². The number of para-hydroxylation sites is 1. The highest BCUT2D eigenvalue weighted by molar-refractivity contribution is 7.98. The van der Waals surface area contributed by atoms with Gasteiger partial charge in [-0.2, -0.15) is 4.98 Å². The second-order valence-electron chi connectivity index (χ2n) is 4.56. The summed E-state index contributed by atoms with van der Waals surface area (Å²) in [7, 11) is 1.61. The first-order chi connectivity index (χ1) is 11.3. The molecule has 0 aliphatic heterocycles. The molecule has 2 heterocycles. The van der Waals surface area contributed by atoms with E-state index in [4.69, 9.17) is 9.26 Å². The lowest BCUT2D eigenvalue weighted by atomic mass is 10.2. The summed E-state index contributed by atoms with van der Waals surface area (Å²) in [6.07, 6.45) is 3.46. The monoisotopic (exact) mass is 329 g/mol. The van der Waals surface area contributed by atoms with E-state index in [9.17, 15) is 0 Å². The van der Waals surface area contributed by atoms with E-state index >= 15 is 0 Å². The normalized spacial score (nSPS) is 10.7. The largest absolute Gasteiger partial charge is 0.496 e. The van der Waals surface area contributed by atoms with Gasteiger partial charge in [0.2, 0.25) is 11.7 Å². The van der Waals surface area contributed by atoms with Crippen LogP contribution in [0.1, 0.15) is 5.89 Å². The highest BCUT2D eigenvalue weighted by Gasteiger charge is 2.14. The van der Waals surface area contributed by atoms with E-state index in [0.29, 0.717) is 29.8 Å². The average Bonchev–Trinajstić information content (AvgIpc) is 3.22. The molecule has 0 bridgehead atoms. The van der Waals surface area contributed by atoms with Crippen molar-refractivity contribution in [2.24, 2.45) is 0 Å². The predicted octanol–water partition coefficient (Wildman–Crippen LogP) is 2.82. The Morgan fingerprint density at radius 1 is 1.39 bits per heavy atom. The molecule has 2 aromatic heterocycles. The van der Waals surface area contributed by atoms with Gasteiger partial charge in [-0.1, -0.05) is 35.1 Å². The SMILES string of the molecule is C=CCn1cnnc1SCc1nc(-c2ccccc2OC)no1. The molecule has 0 aliphatic carbocycles. The molecule has 7 nitrogen and oxygen atoms in total. The van der Waals surface area contributed by atoms with Gasteiger partial charge in [0.05, 0.1) is 18.4 Å². The number of methoxy groups -OCH3 is 1. The lowest BCUT2D eigenvalue weighted by molar-refractivity contribution is 0.390. The second kappa shape index (κ2) is 7.10. The quantitative estimate of drug-likeness (QED) is 0.487. The molecule has 0 radical (unpaired) electrons. The zero-order chi connectivity index (χ0) is 16.1. The van der Waals surface area contributed by atoms with Gasteiger partial charge in [0.25, 0.3) is 0 Å². The van der Waals surface area contributed by atoms with E-state index in [1.165, 1.54) is 11.8 Å². The summed E-state index contributed by atoms with van der Waals surface area (Å²) < 4.78 is 12.5. The molecule has 3 rings (SSSR count). The number of nitrogens with zero attached hydrogens (tertiary/aromatic N) is 5. The van der Waals surface area contributed by atoms with Crippen LogP contribution in [-0.4, -0.2) is 32.0 Å². The summed E-state index contributed by atoms with van der Waals surface area (Å²) in [6.45, 7) is 4.37. The van der Waals surface area contributed by atoms with Crippen LogP contribution in [0, 0.1) is 0 Å². The summed E-state index contributed by atoms with van der Waals surface area (Å²) in [4.78, 5) is 4.41. The maximum absolute atomic E-state index is 5.31. The van der Waals surface area contributed by atoms with Gasteiger partial charge >= 0.3 is 0 Å². The van der Waals surface area contributed by atoms with Gasteiger partial charge in [-0.25, -0.2) is 0 Å². The standard InChI is InChI=1S/C15H15N5O2S/c1-3-8-20-10-16-18-15(20)23-9-13-17-14(19-22-13)11-6-4-5-7-12(11)21-2/h3-7,10H,1,8-9H2,2H3. The highest BCUT2D eigenvalue weighted by Crippen LogP contribution is 2.28. The van der Waals surface area contributed by atoms with Crippen molar-refractivity contribution in [3.63, 3.8) is 0 Å². The zero-order valence-electron chi connectivity index (χ0n) is 12.5. The van der Waals surface area contributed by atoms with Crippen molar-refractivity contribution in [1.82, 2.24) is 24.9 Å². The number of ether oxygens (including phenoxy) is 1. The maximum atomic E-state index is 5.31. The third kappa shape index (κ3) is 3.42. The van der Waals surface area contributed by atoms with Crippen molar-refractivity contribution >= 4 is 11.8 Å². The molecule has 23 heavy (non-hydrogen) atoms. The molecule has 118 valence electrons. The Morgan fingerprint density at radius 3 is 3.09 bits per heavy atom. The third-order valence-corrected chi connectivity index (χ3v) is 4.01. The summed E-state index contributed by atoms with van der Waals surface area (Å²) in [6, 6.07) is 7.55. The van der Waals surface area contributed by atoms with Gasteiger partial charge in [-0.3, -0.25) is 0 Å². The fraction of sp³-hybridized carbons (Fsp3) is 0.200. The number of hydrogen-bond donors (Lipinski definition) is 0. The summed E-state index contributed by atoms with van der Waals surface area (Å²) >= 11 is 1.48. The molecule has 3 aromatic rings. The number of hydrogen-bond acceptors (Lipinski definition) is 7. The molecule has 0 saturated carbocycles. The number of allylic oxidation sites excluding steroid dienone is 1. The van der Waals surface area contributed by atoms with Gasteiger partial charge < -0.3 is 13.8 Å². The van der Waals surface area contributed by atoms with Crippen LogP contribution in [0.5, 0.6) is 5.75 Å². The molecular weight excluding hydrogens is 314 g/mol. The molecule has 0 N–H and O–H groups in total. The minimum absolute atomic E-state index is 0.505. The molecule has 0 aliphatic rings. The smallest absolute Gasteiger partial charge is 0.237 e. The van der Waals surface area contributed by atoms with Crippen molar-refractivity contribution < 1.29 is 9.26 Å². The first-order valence-corrected chi connectivity index (χ1v) is 7.88. The third-order valence-electron chi connectivity index (χ3n) is 3.05. The van der Waals surface area contributed by atoms with Crippen LogP contribution in [0.3, 0.4) is 0 Å². The molecule has 0 atom stereocenters. The van der Waals surface area contributed by atoms with Gasteiger partial charge in [0, 0.05) is 6.54 Å². The van der Waals surface area contributed by atoms with E-state index in [2.05, 4.69) is 26.9 Å². The second-order valence-corrected chi connectivity index (χ2v) is 5.50. The van der Waals surface area contributed by atoms with E-state index in [1.807, 2.05) is 28.8 Å². The van der Waals surface area contributed by atoms with Crippen molar-refractivity contribution in [1.29, 1.82) is 0 Å². The number of aromatic nitrogens is 5. The number of rotatable bonds is 7. The topological polar surface area (TPSA) is 78.9 Å². The van der Waals surface area contributed by atoms with Crippen LogP contribution < -0.4 is 4.74 Å². The van der Waals surface area contributed by atoms with Gasteiger partial charge in [0.1, 0.15) is 12.1 Å². The van der Waals surface area contributed by atoms with E-state index < -0.39 is 0 Å². The summed E-state index contributed by atoms with van der Waals surface area (Å²) in [5, 5.41) is 12.7. The van der Waals surface area contributed by atoms with Gasteiger partial charge in [0.15, 0.2) is 5.16 Å². The number of thioether (sulfide) groups is 1. The predicted molar refractivity (Wildman–Crippen MR) is 86.1 cm³/mol.